The van der Waals surface area contributed by atoms with Crippen LogP contribution in [0.3, 0.4) is 0 Å². The van der Waals surface area contributed by atoms with Gasteiger partial charge in [-0.25, -0.2) is 0 Å². The second kappa shape index (κ2) is 6.89. The molecule has 1 amide bonds. The molecule has 23 heavy (non-hydrogen) atoms. The number of benzene rings is 1. The molecular weight excluding hydrogens is 316 g/mol. The minimum absolute atomic E-state index is 0.0328. The summed E-state index contributed by atoms with van der Waals surface area (Å²) in [5, 5.41) is 0.440. The van der Waals surface area contributed by atoms with Gasteiger partial charge in [-0.2, -0.15) is 0 Å². The molecule has 1 aromatic rings. The van der Waals surface area contributed by atoms with Crippen LogP contribution in [0.4, 0.5) is 5.69 Å². The highest BCUT2D eigenvalue weighted by Crippen LogP contribution is 2.38. The molecule has 0 unspecified atom stereocenters. The number of Topliss-reactive ketones (excluding diaryl/α,β-unsaturated/α-hetero) is 1. The lowest BCUT2D eigenvalue weighted by Crippen LogP contribution is -2.44. The highest BCUT2D eigenvalue weighted by Gasteiger charge is 2.29. The van der Waals surface area contributed by atoms with E-state index in [-0.39, 0.29) is 18.3 Å². The molecule has 0 radical (unpaired) electrons. The van der Waals surface area contributed by atoms with Crippen molar-refractivity contribution in [3.05, 3.63) is 22.7 Å². The molecular formula is C17H21ClN2O3. The van der Waals surface area contributed by atoms with Gasteiger partial charge in [-0.1, -0.05) is 18.0 Å². The standard InChI is InChI=1S/C17H21ClN2O3/c1-12(21)14-9-13(18)10-15-17(14)23-11-16(22)20(15)8-7-19-5-3-2-4-6-19/h9-10H,2-8,11H2,1H3. The second-order valence-electron chi connectivity index (χ2n) is 6.09. The van der Waals surface area contributed by atoms with Crippen LogP contribution in [0, 0.1) is 0 Å². The number of ether oxygens (including phenoxy) is 1. The number of carbonyl (C=O) groups is 2. The summed E-state index contributed by atoms with van der Waals surface area (Å²) in [4.78, 5) is 28.2. The summed E-state index contributed by atoms with van der Waals surface area (Å²) in [6.45, 7) is 5.03. The third-order valence-electron chi connectivity index (χ3n) is 4.43. The minimum Gasteiger partial charge on any atom is -0.481 e. The maximum Gasteiger partial charge on any atom is 0.265 e. The molecule has 0 aliphatic carbocycles. The maximum absolute atomic E-state index is 12.3. The number of amides is 1. The van der Waals surface area contributed by atoms with E-state index in [1.54, 1.807) is 17.0 Å². The zero-order chi connectivity index (χ0) is 16.4. The van der Waals surface area contributed by atoms with E-state index in [2.05, 4.69) is 4.90 Å². The van der Waals surface area contributed by atoms with Crippen LogP contribution in [-0.4, -0.2) is 49.4 Å². The fourth-order valence-electron chi connectivity index (χ4n) is 3.21. The van der Waals surface area contributed by atoms with E-state index in [1.807, 2.05) is 0 Å². The number of carbonyl (C=O) groups excluding carboxylic acids is 2. The van der Waals surface area contributed by atoms with Gasteiger partial charge in [0.25, 0.3) is 5.91 Å². The largest absolute Gasteiger partial charge is 0.481 e. The fourth-order valence-corrected chi connectivity index (χ4v) is 3.42. The van der Waals surface area contributed by atoms with Crippen molar-refractivity contribution in [2.75, 3.05) is 37.7 Å². The van der Waals surface area contributed by atoms with Crippen molar-refractivity contribution in [1.29, 1.82) is 0 Å². The van der Waals surface area contributed by atoms with Crippen molar-refractivity contribution in [2.24, 2.45) is 0 Å². The molecule has 124 valence electrons. The van der Waals surface area contributed by atoms with Crippen molar-refractivity contribution in [3.8, 4) is 5.75 Å². The molecule has 2 aliphatic heterocycles. The second-order valence-corrected chi connectivity index (χ2v) is 6.53. The lowest BCUT2D eigenvalue weighted by molar-refractivity contribution is -0.121. The lowest BCUT2D eigenvalue weighted by atomic mass is 10.1. The van der Waals surface area contributed by atoms with E-state index in [0.717, 1.165) is 19.6 Å². The van der Waals surface area contributed by atoms with Crippen molar-refractivity contribution in [3.63, 3.8) is 0 Å². The Balaban J connectivity index is 1.84. The molecule has 3 rings (SSSR count). The van der Waals surface area contributed by atoms with Crippen molar-refractivity contribution in [2.45, 2.75) is 26.2 Å². The Morgan fingerprint density at radius 2 is 1.96 bits per heavy atom. The molecule has 0 bridgehead atoms. The van der Waals surface area contributed by atoms with Crippen LogP contribution < -0.4 is 9.64 Å². The molecule has 0 saturated carbocycles. The number of likely N-dealkylation sites (tertiary alicyclic amines) is 1. The molecule has 2 heterocycles. The van der Waals surface area contributed by atoms with Crippen molar-refractivity contribution >= 4 is 29.0 Å². The quantitative estimate of drug-likeness (QED) is 0.793. The zero-order valence-electron chi connectivity index (χ0n) is 13.3. The predicted octanol–water partition coefficient (Wildman–Crippen LogP) is 2.75. The van der Waals surface area contributed by atoms with Crippen LogP contribution in [0.1, 0.15) is 36.5 Å². The molecule has 1 aromatic carbocycles. The van der Waals surface area contributed by atoms with Gasteiger partial charge in [0.05, 0.1) is 11.3 Å². The third-order valence-corrected chi connectivity index (χ3v) is 4.65. The Hall–Kier alpha value is -1.59. The van der Waals surface area contributed by atoms with Gasteiger partial charge in [-0.05, 0) is 45.0 Å². The van der Waals surface area contributed by atoms with Crippen molar-refractivity contribution in [1.82, 2.24) is 4.90 Å². The van der Waals surface area contributed by atoms with E-state index in [4.69, 9.17) is 16.3 Å². The Morgan fingerprint density at radius 1 is 1.22 bits per heavy atom. The van der Waals surface area contributed by atoms with Gasteiger partial charge >= 0.3 is 0 Å². The first-order valence-electron chi connectivity index (χ1n) is 8.06. The molecule has 2 aliphatic rings. The number of fused-ring (bicyclic) bond motifs is 1. The number of nitrogens with zero attached hydrogens (tertiary/aromatic N) is 2. The number of hydrogen-bond acceptors (Lipinski definition) is 4. The average molecular weight is 337 g/mol. The Kier molecular flexibility index (Phi) is 4.87. The molecule has 5 nitrogen and oxygen atoms in total. The van der Waals surface area contributed by atoms with E-state index < -0.39 is 0 Å². The van der Waals surface area contributed by atoms with E-state index in [1.165, 1.54) is 26.2 Å². The van der Waals surface area contributed by atoms with Gasteiger partial charge in [0.15, 0.2) is 18.1 Å². The summed E-state index contributed by atoms with van der Waals surface area (Å²) in [6.07, 6.45) is 3.72. The highest BCUT2D eigenvalue weighted by atomic mass is 35.5. The first-order chi connectivity index (χ1) is 11.1. The first kappa shape index (κ1) is 16.3. The number of piperidine rings is 1. The Morgan fingerprint density at radius 3 is 2.65 bits per heavy atom. The van der Waals surface area contributed by atoms with Gasteiger partial charge in [-0.15, -0.1) is 0 Å². The lowest BCUT2D eigenvalue weighted by Gasteiger charge is -2.33. The number of halogens is 1. The predicted molar refractivity (Wildman–Crippen MR) is 89.6 cm³/mol. The summed E-state index contributed by atoms with van der Waals surface area (Å²) >= 11 is 6.13. The summed E-state index contributed by atoms with van der Waals surface area (Å²) < 4.78 is 5.52. The highest BCUT2D eigenvalue weighted by molar-refractivity contribution is 6.31. The topological polar surface area (TPSA) is 49.9 Å². The molecule has 0 spiro atoms. The van der Waals surface area contributed by atoms with Gasteiger partial charge in [0.1, 0.15) is 0 Å². The number of anilines is 1. The van der Waals surface area contributed by atoms with Gasteiger partial charge in [-0.3, -0.25) is 9.59 Å². The van der Waals surface area contributed by atoms with Crippen LogP contribution in [0.25, 0.3) is 0 Å². The normalized spacial score (nSPS) is 18.5. The van der Waals surface area contributed by atoms with Crippen LogP contribution in [-0.2, 0) is 4.79 Å². The number of hydrogen-bond donors (Lipinski definition) is 0. The van der Waals surface area contributed by atoms with Crippen molar-refractivity contribution < 1.29 is 14.3 Å². The summed E-state index contributed by atoms with van der Waals surface area (Å²) in [5.41, 5.74) is 1.04. The smallest absolute Gasteiger partial charge is 0.265 e. The fraction of sp³-hybridized carbons (Fsp3) is 0.529. The number of rotatable bonds is 4. The summed E-state index contributed by atoms with van der Waals surface area (Å²) in [5.74, 6) is 0.264. The Bertz CT molecular complexity index is 627. The van der Waals surface area contributed by atoms with E-state index in [9.17, 15) is 9.59 Å². The average Bonchev–Trinajstić information content (AvgIpc) is 2.54. The van der Waals surface area contributed by atoms with Gasteiger partial charge in [0.2, 0.25) is 0 Å². The third kappa shape index (κ3) is 3.51. The molecule has 1 saturated heterocycles. The molecule has 6 heteroatoms. The van der Waals surface area contributed by atoms with E-state index in [0.29, 0.717) is 28.6 Å². The van der Waals surface area contributed by atoms with Crippen LogP contribution in [0.5, 0.6) is 5.75 Å². The van der Waals surface area contributed by atoms with Crippen LogP contribution in [0.15, 0.2) is 12.1 Å². The van der Waals surface area contributed by atoms with Gasteiger partial charge in [0, 0.05) is 18.1 Å². The minimum atomic E-state index is -0.117. The molecule has 0 aromatic heterocycles. The van der Waals surface area contributed by atoms with E-state index >= 15 is 0 Å². The monoisotopic (exact) mass is 336 g/mol. The maximum atomic E-state index is 12.3. The SMILES string of the molecule is CC(=O)c1cc(Cl)cc2c1OCC(=O)N2CCN1CCCCC1. The van der Waals surface area contributed by atoms with Gasteiger partial charge < -0.3 is 14.5 Å². The number of ketones is 1. The summed E-state index contributed by atoms with van der Waals surface area (Å²) in [6, 6.07) is 3.30. The molecule has 0 atom stereocenters. The van der Waals surface area contributed by atoms with Crippen LogP contribution in [0.2, 0.25) is 5.02 Å². The molecule has 0 N–H and O–H groups in total. The van der Waals surface area contributed by atoms with Crippen LogP contribution >= 0.6 is 11.6 Å². The summed E-state index contributed by atoms with van der Waals surface area (Å²) in [7, 11) is 0. The Labute approximate surface area is 141 Å². The molecule has 1 fully saturated rings. The first-order valence-corrected chi connectivity index (χ1v) is 8.44. The zero-order valence-corrected chi connectivity index (χ0v) is 14.1.